The Labute approximate surface area is 163 Å². The third kappa shape index (κ3) is 3.67. The Morgan fingerprint density at radius 3 is 2.72 bits per heavy atom. The molecule has 29 heavy (non-hydrogen) atoms. The molecule has 0 saturated carbocycles. The van der Waals surface area contributed by atoms with E-state index in [0.717, 1.165) is 0 Å². The van der Waals surface area contributed by atoms with Crippen molar-refractivity contribution in [1.29, 1.82) is 0 Å². The number of halogens is 1. The minimum absolute atomic E-state index is 0.101. The molecule has 2 heterocycles. The Kier molecular flexibility index (Phi) is 4.96. The molecule has 0 spiro atoms. The molecule has 2 aromatic carbocycles. The molecule has 9 heteroatoms. The van der Waals surface area contributed by atoms with Gasteiger partial charge in [-0.2, -0.15) is 5.10 Å². The van der Waals surface area contributed by atoms with E-state index in [1.165, 1.54) is 31.4 Å². The van der Waals surface area contributed by atoms with Crippen molar-refractivity contribution in [2.45, 2.75) is 0 Å². The molecular formula is C20H16FN3O5. The zero-order valence-corrected chi connectivity index (χ0v) is 15.3. The van der Waals surface area contributed by atoms with Gasteiger partial charge < -0.3 is 19.1 Å². The van der Waals surface area contributed by atoms with Gasteiger partial charge in [0.15, 0.2) is 17.3 Å². The van der Waals surface area contributed by atoms with E-state index in [-0.39, 0.29) is 17.9 Å². The molecule has 148 valence electrons. The average molecular weight is 397 g/mol. The second kappa shape index (κ2) is 7.72. The van der Waals surface area contributed by atoms with Crippen LogP contribution in [0.3, 0.4) is 0 Å². The van der Waals surface area contributed by atoms with Gasteiger partial charge in [0, 0.05) is 30.2 Å². The van der Waals surface area contributed by atoms with Gasteiger partial charge in [-0.25, -0.2) is 9.18 Å². The molecule has 2 aromatic heterocycles. The van der Waals surface area contributed by atoms with Crippen LogP contribution < -0.4 is 4.74 Å². The zero-order chi connectivity index (χ0) is 20.4. The highest BCUT2D eigenvalue weighted by atomic mass is 19.1. The van der Waals surface area contributed by atoms with Crippen LogP contribution in [0.25, 0.3) is 33.6 Å². The number of carboxylic acid groups (broad SMARTS) is 1. The van der Waals surface area contributed by atoms with Gasteiger partial charge in [0.25, 0.3) is 0 Å². The van der Waals surface area contributed by atoms with E-state index < -0.39 is 11.8 Å². The molecule has 0 saturated heterocycles. The number of benzene rings is 2. The fraction of sp³-hybridized carbons (Fsp3) is 0.150. The van der Waals surface area contributed by atoms with E-state index in [1.54, 1.807) is 18.2 Å². The summed E-state index contributed by atoms with van der Waals surface area (Å²) in [6, 6.07) is 10.7. The van der Waals surface area contributed by atoms with Crippen molar-refractivity contribution in [2.75, 3.05) is 20.3 Å². The van der Waals surface area contributed by atoms with Crippen molar-refractivity contribution in [3.8, 4) is 28.5 Å². The summed E-state index contributed by atoms with van der Waals surface area (Å²) < 4.78 is 30.0. The van der Waals surface area contributed by atoms with E-state index in [1.807, 2.05) is 0 Å². The van der Waals surface area contributed by atoms with E-state index in [9.17, 15) is 9.18 Å². The van der Waals surface area contributed by atoms with E-state index in [2.05, 4.69) is 15.4 Å². The van der Waals surface area contributed by atoms with Crippen molar-refractivity contribution >= 4 is 16.9 Å². The molecule has 4 aromatic rings. The summed E-state index contributed by atoms with van der Waals surface area (Å²) in [4.78, 5) is 11.0. The number of hydrogen-bond donors (Lipinski definition) is 2. The number of nitrogens with zero attached hydrogens (tertiary/aromatic N) is 2. The number of rotatable bonds is 7. The number of ether oxygens (including phenoxy) is 2. The number of H-pyrrole nitrogens is 1. The lowest BCUT2D eigenvalue weighted by Crippen LogP contribution is -2.05. The number of aromatic carboxylic acids is 1. The number of nitrogens with one attached hydrogen (secondary N) is 1. The summed E-state index contributed by atoms with van der Waals surface area (Å²) in [5.74, 6) is -0.994. The third-order valence-corrected chi connectivity index (χ3v) is 4.33. The molecule has 0 aliphatic rings. The van der Waals surface area contributed by atoms with Gasteiger partial charge in [0.1, 0.15) is 18.0 Å². The fourth-order valence-corrected chi connectivity index (χ4v) is 2.86. The van der Waals surface area contributed by atoms with Crippen LogP contribution in [0, 0.1) is 5.82 Å². The van der Waals surface area contributed by atoms with Gasteiger partial charge in [-0.1, -0.05) is 17.3 Å². The third-order valence-electron chi connectivity index (χ3n) is 4.33. The predicted molar refractivity (Wildman–Crippen MR) is 101 cm³/mol. The van der Waals surface area contributed by atoms with Gasteiger partial charge in [-0.05, 0) is 18.2 Å². The van der Waals surface area contributed by atoms with Crippen LogP contribution in [-0.2, 0) is 4.74 Å². The molecule has 0 atom stereocenters. The first-order valence-electron chi connectivity index (χ1n) is 8.67. The quantitative estimate of drug-likeness (QED) is 0.457. The maximum atomic E-state index is 14.4. The van der Waals surface area contributed by atoms with E-state index in [0.29, 0.717) is 40.2 Å². The number of methoxy groups -OCH3 is 1. The minimum atomic E-state index is -1.01. The summed E-state index contributed by atoms with van der Waals surface area (Å²) in [6.07, 6.45) is 0. The second-order valence-corrected chi connectivity index (χ2v) is 6.20. The summed E-state index contributed by atoms with van der Waals surface area (Å²) in [7, 11) is 1.54. The van der Waals surface area contributed by atoms with Crippen LogP contribution in [0.5, 0.6) is 5.75 Å². The first-order chi connectivity index (χ1) is 14.1. The van der Waals surface area contributed by atoms with Crippen LogP contribution in [0.2, 0.25) is 0 Å². The first kappa shape index (κ1) is 18.6. The number of aromatic amines is 1. The van der Waals surface area contributed by atoms with Crippen LogP contribution in [0.1, 0.15) is 10.4 Å². The maximum Gasteiger partial charge on any atom is 0.335 e. The first-order valence-corrected chi connectivity index (χ1v) is 8.67. The predicted octanol–water partition coefficient (Wildman–Crippen LogP) is 3.75. The summed E-state index contributed by atoms with van der Waals surface area (Å²) in [5, 5.41) is 20.6. The second-order valence-electron chi connectivity index (χ2n) is 6.20. The number of carboxylic acids is 1. The van der Waals surface area contributed by atoms with Crippen molar-refractivity contribution in [3.63, 3.8) is 0 Å². The zero-order valence-electron chi connectivity index (χ0n) is 15.3. The van der Waals surface area contributed by atoms with Crippen molar-refractivity contribution in [3.05, 3.63) is 53.8 Å². The monoisotopic (exact) mass is 397 g/mol. The Morgan fingerprint density at radius 1 is 1.21 bits per heavy atom. The summed E-state index contributed by atoms with van der Waals surface area (Å²) in [5.41, 5.74) is 2.27. The highest BCUT2D eigenvalue weighted by molar-refractivity contribution is 5.93. The lowest BCUT2D eigenvalue weighted by Gasteiger charge is -2.06. The summed E-state index contributed by atoms with van der Waals surface area (Å²) in [6.45, 7) is 0.577. The molecule has 0 aliphatic carbocycles. The standard InChI is InChI=1S/C20H16FN3O5/c1-27-6-7-28-18-9-15-13(8-14(18)21)19(23-22-15)16-10-17(29-24-16)11-2-4-12(5-3-11)20(25)26/h2-5,8-10H,6-7H2,1H3,(H,22,23)(H,25,26). The van der Waals surface area contributed by atoms with Gasteiger partial charge in [0.05, 0.1) is 17.7 Å². The Hall–Kier alpha value is -3.72. The van der Waals surface area contributed by atoms with Gasteiger partial charge in [0.2, 0.25) is 0 Å². The SMILES string of the molecule is COCCOc1cc2[nH]nc(-c3cc(-c4ccc(C(=O)O)cc4)on3)c2cc1F. The largest absolute Gasteiger partial charge is 0.488 e. The van der Waals surface area contributed by atoms with Crippen molar-refractivity contribution in [1.82, 2.24) is 15.4 Å². The van der Waals surface area contributed by atoms with Gasteiger partial charge in [-0.3, -0.25) is 5.10 Å². The highest BCUT2D eigenvalue weighted by Crippen LogP contribution is 2.32. The fourth-order valence-electron chi connectivity index (χ4n) is 2.86. The highest BCUT2D eigenvalue weighted by Gasteiger charge is 2.17. The molecule has 0 fully saturated rings. The minimum Gasteiger partial charge on any atom is -0.488 e. The topological polar surface area (TPSA) is 110 Å². The molecule has 0 amide bonds. The molecular weight excluding hydrogens is 381 g/mol. The Balaban J connectivity index is 1.63. The number of hydrogen-bond acceptors (Lipinski definition) is 6. The number of fused-ring (bicyclic) bond motifs is 1. The molecule has 0 aliphatic heterocycles. The molecule has 4 rings (SSSR count). The lowest BCUT2D eigenvalue weighted by atomic mass is 10.1. The molecule has 0 radical (unpaired) electrons. The summed E-state index contributed by atoms with van der Waals surface area (Å²) >= 11 is 0. The van der Waals surface area contributed by atoms with Crippen molar-refractivity contribution < 1.29 is 28.3 Å². The van der Waals surface area contributed by atoms with Crippen LogP contribution in [-0.4, -0.2) is 46.8 Å². The molecule has 0 bridgehead atoms. The van der Waals surface area contributed by atoms with Crippen LogP contribution >= 0.6 is 0 Å². The lowest BCUT2D eigenvalue weighted by molar-refractivity contribution is 0.0697. The average Bonchev–Trinajstić information content (AvgIpc) is 3.35. The Morgan fingerprint density at radius 2 is 2.00 bits per heavy atom. The van der Waals surface area contributed by atoms with Crippen molar-refractivity contribution in [2.24, 2.45) is 0 Å². The molecule has 0 unspecified atom stereocenters. The Bertz CT molecular complexity index is 1170. The van der Waals surface area contributed by atoms with E-state index >= 15 is 0 Å². The van der Waals surface area contributed by atoms with Gasteiger partial charge in [-0.15, -0.1) is 0 Å². The molecule has 2 N–H and O–H groups in total. The van der Waals surface area contributed by atoms with Gasteiger partial charge >= 0.3 is 5.97 Å². The van der Waals surface area contributed by atoms with E-state index in [4.69, 9.17) is 19.1 Å². The normalized spacial score (nSPS) is 11.1. The molecule has 8 nitrogen and oxygen atoms in total. The maximum absolute atomic E-state index is 14.4. The number of aromatic nitrogens is 3. The number of carbonyl (C=O) groups is 1. The van der Waals surface area contributed by atoms with Crippen LogP contribution in [0.4, 0.5) is 4.39 Å². The van der Waals surface area contributed by atoms with Crippen LogP contribution in [0.15, 0.2) is 47.0 Å². The smallest absolute Gasteiger partial charge is 0.335 e.